The quantitative estimate of drug-likeness (QED) is 0.868. The maximum absolute atomic E-state index is 5.79. The molecule has 0 amide bonds. The van der Waals surface area contributed by atoms with E-state index in [0.717, 1.165) is 6.54 Å². The van der Waals surface area contributed by atoms with Crippen LogP contribution in [0.15, 0.2) is 24.3 Å². The molecular formula is C15H24N2. The van der Waals surface area contributed by atoms with Gasteiger partial charge in [-0.1, -0.05) is 43.5 Å². The fourth-order valence-electron chi connectivity index (χ4n) is 2.62. The van der Waals surface area contributed by atoms with Crippen molar-refractivity contribution in [1.29, 1.82) is 0 Å². The Morgan fingerprint density at radius 1 is 0.882 bits per heavy atom. The molecule has 0 spiro atoms. The zero-order valence-corrected chi connectivity index (χ0v) is 10.7. The number of hydrogen-bond acceptors (Lipinski definition) is 2. The Labute approximate surface area is 105 Å². The third-order valence-corrected chi connectivity index (χ3v) is 3.68. The minimum absolute atomic E-state index is 0.657. The molecule has 1 aromatic carbocycles. The number of rotatable bonds is 3. The molecule has 0 bridgehead atoms. The molecule has 2 nitrogen and oxygen atoms in total. The van der Waals surface area contributed by atoms with Crippen LogP contribution in [0, 0.1) is 0 Å². The van der Waals surface area contributed by atoms with Crippen molar-refractivity contribution < 1.29 is 0 Å². The first-order valence-corrected chi connectivity index (χ1v) is 6.89. The molecule has 94 valence electrons. The average Bonchev–Trinajstić information content (AvgIpc) is 2.33. The van der Waals surface area contributed by atoms with Gasteiger partial charge in [0.15, 0.2) is 0 Å². The van der Waals surface area contributed by atoms with E-state index in [9.17, 15) is 0 Å². The molecule has 0 atom stereocenters. The highest BCUT2D eigenvalue weighted by molar-refractivity contribution is 5.26. The van der Waals surface area contributed by atoms with E-state index in [1.807, 2.05) is 0 Å². The fraction of sp³-hybridized carbons (Fsp3) is 0.600. The summed E-state index contributed by atoms with van der Waals surface area (Å²) in [4.78, 5) is 2.59. The van der Waals surface area contributed by atoms with Crippen LogP contribution in [0.25, 0.3) is 0 Å². The molecule has 0 radical (unpaired) electrons. The molecule has 1 saturated heterocycles. The number of hydrogen-bond donors (Lipinski definition) is 1. The minimum Gasteiger partial charge on any atom is -0.326 e. The highest BCUT2D eigenvalue weighted by Gasteiger charge is 2.10. The summed E-state index contributed by atoms with van der Waals surface area (Å²) in [5.41, 5.74) is 8.51. The standard InChI is InChI=1S/C15H24N2/c16-12-14-8-4-5-9-15(14)13-17-10-6-2-1-3-7-11-17/h4-5,8-9H,1-3,6-7,10-13,16H2. The van der Waals surface area contributed by atoms with Gasteiger partial charge in [-0.25, -0.2) is 0 Å². The SMILES string of the molecule is NCc1ccccc1CN1CCCCCCC1. The molecule has 2 heteroatoms. The van der Waals surface area contributed by atoms with Crippen LogP contribution in [0.2, 0.25) is 0 Å². The van der Waals surface area contributed by atoms with Crippen molar-refractivity contribution in [3.8, 4) is 0 Å². The van der Waals surface area contributed by atoms with Crippen LogP contribution in [-0.4, -0.2) is 18.0 Å². The van der Waals surface area contributed by atoms with E-state index in [2.05, 4.69) is 29.2 Å². The zero-order chi connectivity index (χ0) is 11.9. The van der Waals surface area contributed by atoms with Crippen molar-refractivity contribution in [2.45, 2.75) is 45.2 Å². The van der Waals surface area contributed by atoms with Crippen LogP contribution in [0.5, 0.6) is 0 Å². The number of benzene rings is 1. The van der Waals surface area contributed by atoms with Crippen LogP contribution < -0.4 is 5.73 Å². The number of nitrogens with two attached hydrogens (primary N) is 1. The Balaban J connectivity index is 1.97. The number of nitrogens with zero attached hydrogens (tertiary/aromatic N) is 1. The predicted octanol–water partition coefficient (Wildman–Crippen LogP) is 2.91. The van der Waals surface area contributed by atoms with E-state index in [0.29, 0.717) is 6.54 Å². The third kappa shape index (κ3) is 3.83. The van der Waals surface area contributed by atoms with E-state index in [-0.39, 0.29) is 0 Å². The summed E-state index contributed by atoms with van der Waals surface area (Å²) in [5.74, 6) is 0. The predicted molar refractivity (Wildman–Crippen MR) is 72.7 cm³/mol. The lowest BCUT2D eigenvalue weighted by Gasteiger charge is -2.25. The van der Waals surface area contributed by atoms with Gasteiger partial charge in [-0.2, -0.15) is 0 Å². The molecule has 0 unspecified atom stereocenters. The van der Waals surface area contributed by atoms with Gasteiger partial charge in [0.2, 0.25) is 0 Å². The molecule has 1 aliphatic heterocycles. The molecule has 2 N–H and O–H groups in total. The van der Waals surface area contributed by atoms with Crippen LogP contribution in [0.1, 0.15) is 43.2 Å². The van der Waals surface area contributed by atoms with Gasteiger partial charge in [0.1, 0.15) is 0 Å². The molecule has 1 aromatic rings. The second-order valence-corrected chi connectivity index (χ2v) is 5.02. The Morgan fingerprint density at radius 2 is 1.47 bits per heavy atom. The lowest BCUT2D eigenvalue weighted by Crippen LogP contribution is -2.27. The Bertz CT molecular complexity index is 327. The molecular weight excluding hydrogens is 208 g/mol. The summed E-state index contributed by atoms with van der Waals surface area (Å²) in [6, 6.07) is 8.58. The maximum Gasteiger partial charge on any atom is 0.0236 e. The summed E-state index contributed by atoms with van der Waals surface area (Å²) < 4.78 is 0. The lowest BCUT2D eigenvalue weighted by molar-refractivity contribution is 0.239. The Morgan fingerprint density at radius 3 is 2.12 bits per heavy atom. The van der Waals surface area contributed by atoms with Gasteiger partial charge in [-0.15, -0.1) is 0 Å². The third-order valence-electron chi connectivity index (χ3n) is 3.68. The smallest absolute Gasteiger partial charge is 0.0236 e. The first-order chi connectivity index (χ1) is 8.40. The topological polar surface area (TPSA) is 29.3 Å². The monoisotopic (exact) mass is 232 g/mol. The maximum atomic E-state index is 5.79. The van der Waals surface area contributed by atoms with E-state index in [4.69, 9.17) is 5.73 Å². The fourth-order valence-corrected chi connectivity index (χ4v) is 2.62. The van der Waals surface area contributed by atoms with Crippen LogP contribution >= 0.6 is 0 Å². The van der Waals surface area contributed by atoms with Crippen molar-refractivity contribution in [2.75, 3.05) is 13.1 Å². The summed E-state index contributed by atoms with van der Waals surface area (Å²) in [5, 5.41) is 0. The normalized spacial score (nSPS) is 18.6. The molecule has 0 aliphatic carbocycles. The Kier molecular flexibility index (Phi) is 5.02. The highest BCUT2D eigenvalue weighted by atomic mass is 15.1. The van der Waals surface area contributed by atoms with Crippen LogP contribution in [-0.2, 0) is 13.1 Å². The minimum atomic E-state index is 0.657. The largest absolute Gasteiger partial charge is 0.326 e. The van der Waals surface area contributed by atoms with Gasteiger partial charge < -0.3 is 5.73 Å². The molecule has 1 heterocycles. The summed E-state index contributed by atoms with van der Waals surface area (Å²) in [7, 11) is 0. The molecule has 0 saturated carbocycles. The van der Waals surface area contributed by atoms with Crippen molar-refractivity contribution in [3.63, 3.8) is 0 Å². The van der Waals surface area contributed by atoms with E-state index in [1.54, 1.807) is 0 Å². The first kappa shape index (κ1) is 12.6. The van der Waals surface area contributed by atoms with E-state index < -0.39 is 0 Å². The summed E-state index contributed by atoms with van der Waals surface area (Å²) >= 11 is 0. The van der Waals surface area contributed by atoms with Gasteiger partial charge in [-0.05, 0) is 37.1 Å². The molecule has 1 aliphatic rings. The number of likely N-dealkylation sites (tertiary alicyclic amines) is 1. The Hall–Kier alpha value is -0.860. The van der Waals surface area contributed by atoms with Crippen molar-refractivity contribution in [2.24, 2.45) is 5.73 Å². The second kappa shape index (κ2) is 6.77. The van der Waals surface area contributed by atoms with E-state index in [1.165, 1.54) is 56.3 Å². The highest BCUT2D eigenvalue weighted by Crippen LogP contribution is 2.15. The van der Waals surface area contributed by atoms with Crippen LogP contribution in [0.3, 0.4) is 0 Å². The lowest BCUT2D eigenvalue weighted by atomic mass is 10.0. The van der Waals surface area contributed by atoms with Gasteiger partial charge in [0.25, 0.3) is 0 Å². The average molecular weight is 232 g/mol. The van der Waals surface area contributed by atoms with Gasteiger partial charge >= 0.3 is 0 Å². The van der Waals surface area contributed by atoms with Gasteiger partial charge in [-0.3, -0.25) is 4.90 Å². The van der Waals surface area contributed by atoms with Crippen LogP contribution in [0.4, 0.5) is 0 Å². The van der Waals surface area contributed by atoms with Gasteiger partial charge in [0, 0.05) is 13.1 Å². The van der Waals surface area contributed by atoms with E-state index >= 15 is 0 Å². The molecule has 0 aromatic heterocycles. The first-order valence-electron chi connectivity index (χ1n) is 6.89. The van der Waals surface area contributed by atoms with Crippen molar-refractivity contribution >= 4 is 0 Å². The molecule has 17 heavy (non-hydrogen) atoms. The van der Waals surface area contributed by atoms with Gasteiger partial charge in [0.05, 0.1) is 0 Å². The van der Waals surface area contributed by atoms with Crippen molar-refractivity contribution in [1.82, 2.24) is 4.90 Å². The summed E-state index contributed by atoms with van der Waals surface area (Å²) in [6.07, 6.45) is 6.92. The van der Waals surface area contributed by atoms with Crippen molar-refractivity contribution in [3.05, 3.63) is 35.4 Å². The molecule has 1 fully saturated rings. The summed E-state index contributed by atoms with van der Waals surface area (Å²) in [6.45, 7) is 4.23. The molecule has 2 rings (SSSR count). The zero-order valence-electron chi connectivity index (χ0n) is 10.7. The second-order valence-electron chi connectivity index (χ2n) is 5.02.